The Morgan fingerprint density at radius 3 is 2.74 bits per heavy atom. The van der Waals surface area contributed by atoms with Gasteiger partial charge >= 0.3 is 0 Å². The van der Waals surface area contributed by atoms with Gasteiger partial charge in [0.1, 0.15) is 0 Å². The summed E-state index contributed by atoms with van der Waals surface area (Å²) >= 11 is 1.86. The number of hydrogen-bond acceptors (Lipinski definition) is 3. The maximum Gasteiger partial charge on any atom is 0.191 e. The SMILES string of the molecule is CCNC(=NCC1CCN(CC)C1)NCCSC.I. The lowest BCUT2D eigenvalue weighted by Gasteiger charge is -2.13. The van der Waals surface area contributed by atoms with E-state index in [-0.39, 0.29) is 24.0 Å². The van der Waals surface area contributed by atoms with Gasteiger partial charge in [0, 0.05) is 31.9 Å². The van der Waals surface area contributed by atoms with Gasteiger partial charge in [0.25, 0.3) is 0 Å². The van der Waals surface area contributed by atoms with Gasteiger partial charge in [-0.25, -0.2) is 0 Å². The van der Waals surface area contributed by atoms with Gasteiger partial charge < -0.3 is 15.5 Å². The van der Waals surface area contributed by atoms with E-state index >= 15 is 0 Å². The smallest absolute Gasteiger partial charge is 0.191 e. The van der Waals surface area contributed by atoms with Crippen molar-refractivity contribution in [3.05, 3.63) is 0 Å². The van der Waals surface area contributed by atoms with E-state index < -0.39 is 0 Å². The first-order valence-corrected chi connectivity index (χ1v) is 8.43. The van der Waals surface area contributed by atoms with Crippen LogP contribution in [-0.4, -0.2) is 62.1 Å². The third kappa shape index (κ3) is 8.24. The summed E-state index contributed by atoms with van der Waals surface area (Å²) in [5.41, 5.74) is 0. The molecule has 1 saturated heterocycles. The van der Waals surface area contributed by atoms with Crippen LogP contribution in [0.25, 0.3) is 0 Å². The highest BCUT2D eigenvalue weighted by molar-refractivity contribution is 14.0. The van der Waals surface area contributed by atoms with E-state index in [4.69, 9.17) is 4.99 Å². The molecule has 2 N–H and O–H groups in total. The number of thioether (sulfide) groups is 1. The van der Waals surface area contributed by atoms with Gasteiger partial charge in [-0.1, -0.05) is 6.92 Å². The summed E-state index contributed by atoms with van der Waals surface area (Å²) in [6.45, 7) is 10.8. The normalized spacial score (nSPS) is 20.2. The lowest BCUT2D eigenvalue weighted by molar-refractivity contribution is 0.343. The van der Waals surface area contributed by atoms with Crippen LogP contribution in [0.5, 0.6) is 0 Å². The predicted octanol–water partition coefficient (Wildman–Crippen LogP) is 1.86. The molecule has 0 aromatic heterocycles. The Bertz CT molecular complexity index is 251. The van der Waals surface area contributed by atoms with Crippen LogP contribution in [0.3, 0.4) is 0 Å². The van der Waals surface area contributed by atoms with E-state index in [0.29, 0.717) is 0 Å². The fourth-order valence-electron chi connectivity index (χ4n) is 2.18. The van der Waals surface area contributed by atoms with Crippen molar-refractivity contribution in [2.75, 3.05) is 51.3 Å². The van der Waals surface area contributed by atoms with Crippen molar-refractivity contribution < 1.29 is 0 Å². The van der Waals surface area contributed by atoms with Crippen LogP contribution in [0.15, 0.2) is 4.99 Å². The maximum atomic E-state index is 4.69. The first-order valence-electron chi connectivity index (χ1n) is 7.03. The Morgan fingerprint density at radius 2 is 2.16 bits per heavy atom. The Morgan fingerprint density at radius 1 is 1.37 bits per heavy atom. The maximum absolute atomic E-state index is 4.69. The molecule has 1 atom stereocenters. The number of halogens is 1. The van der Waals surface area contributed by atoms with Gasteiger partial charge in [-0.15, -0.1) is 24.0 Å². The van der Waals surface area contributed by atoms with Crippen LogP contribution >= 0.6 is 35.7 Å². The van der Waals surface area contributed by atoms with Gasteiger partial charge in [0.2, 0.25) is 0 Å². The summed E-state index contributed by atoms with van der Waals surface area (Å²) in [5, 5.41) is 6.68. The van der Waals surface area contributed by atoms with Crippen LogP contribution in [0.4, 0.5) is 0 Å². The molecule has 0 bridgehead atoms. The van der Waals surface area contributed by atoms with Crippen LogP contribution in [0, 0.1) is 5.92 Å². The minimum atomic E-state index is 0. The van der Waals surface area contributed by atoms with Gasteiger partial charge in [0.15, 0.2) is 5.96 Å². The largest absolute Gasteiger partial charge is 0.357 e. The average Bonchev–Trinajstić information content (AvgIpc) is 2.84. The standard InChI is InChI=1S/C13H28N4S.HI/c1-4-14-13(15-7-9-18-3)16-10-12-6-8-17(5-2)11-12;/h12H,4-11H2,1-3H3,(H2,14,15,16);1H. The second kappa shape index (κ2) is 12.1. The molecular weight excluding hydrogens is 371 g/mol. The molecule has 1 fully saturated rings. The van der Waals surface area contributed by atoms with E-state index in [0.717, 1.165) is 37.3 Å². The second-order valence-corrected chi connectivity index (χ2v) is 5.67. The third-order valence-electron chi connectivity index (χ3n) is 3.27. The number of nitrogens with one attached hydrogen (secondary N) is 2. The van der Waals surface area contributed by atoms with Crippen molar-refractivity contribution in [1.82, 2.24) is 15.5 Å². The highest BCUT2D eigenvalue weighted by atomic mass is 127. The van der Waals surface area contributed by atoms with E-state index in [1.165, 1.54) is 26.1 Å². The highest BCUT2D eigenvalue weighted by Gasteiger charge is 2.20. The van der Waals surface area contributed by atoms with Crippen molar-refractivity contribution in [3.8, 4) is 0 Å². The quantitative estimate of drug-likeness (QED) is 0.296. The minimum absolute atomic E-state index is 0. The number of aliphatic imine (C=N–C) groups is 1. The van der Waals surface area contributed by atoms with Crippen LogP contribution in [0.1, 0.15) is 20.3 Å². The van der Waals surface area contributed by atoms with Gasteiger partial charge in [-0.05, 0) is 38.6 Å². The zero-order valence-electron chi connectivity index (χ0n) is 12.4. The monoisotopic (exact) mass is 400 g/mol. The van der Waals surface area contributed by atoms with E-state index in [1.807, 2.05) is 11.8 Å². The summed E-state index contributed by atoms with van der Waals surface area (Å²) in [6.07, 6.45) is 3.42. The molecule has 114 valence electrons. The van der Waals surface area contributed by atoms with Gasteiger partial charge in [-0.3, -0.25) is 4.99 Å². The van der Waals surface area contributed by atoms with E-state index in [1.54, 1.807) is 0 Å². The predicted molar refractivity (Wildman–Crippen MR) is 98.0 cm³/mol. The molecule has 0 amide bonds. The third-order valence-corrected chi connectivity index (χ3v) is 3.88. The molecule has 6 heteroatoms. The first-order chi connectivity index (χ1) is 8.80. The van der Waals surface area contributed by atoms with Crippen LogP contribution in [0.2, 0.25) is 0 Å². The lowest BCUT2D eigenvalue weighted by atomic mass is 10.1. The van der Waals surface area contributed by atoms with Gasteiger partial charge in [0.05, 0.1) is 0 Å². The summed E-state index contributed by atoms with van der Waals surface area (Å²) in [4.78, 5) is 7.20. The average molecular weight is 400 g/mol. The Kier molecular flexibility index (Phi) is 12.3. The Hall–Kier alpha value is 0.310. The fourth-order valence-corrected chi connectivity index (χ4v) is 2.49. The summed E-state index contributed by atoms with van der Waals surface area (Å²) in [7, 11) is 0. The fraction of sp³-hybridized carbons (Fsp3) is 0.923. The molecule has 0 saturated carbocycles. The molecule has 1 aliphatic heterocycles. The number of hydrogen-bond donors (Lipinski definition) is 2. The molecule has 4 nitrogen and oxygen atoms in total. The lowest BCUT2D eigenvalue weighted by Crippen LogP contribution is -2.38. The number of nitrogens with zero attached hydrogens (tertiary/aromatic N) is 2. The molecule has 1 unspecified atom stereocenters. The molecule has 1 aliphatic rings. The van der Waals surface area contributed by atoms with Crippen molar-refractivity contribution in [1.29, 1.82) is 0 Å². The van der Waals surface area contributed by atoms with Gasteiger partial charge in [-0.2, -0.15) is 11.8 Å². The number of guanidine groups is 1. The molecule has 0 aliphatic carbocycles. The Balaban J connectivity index is 0.00000324. The molecule has 0 aromatic carbocycles. The molecule has 1 rings (SSSR count). The molecule has 0 aromatic rings. The van der Waals surface area contributed by atoms with Crippen LogP contribution in [-0.2, 0) is 0 Å². The molecule has 19 heavy (non-hydrogen) atoms. The van der Waals surface area contributed by atoms with E-state index in [2.05, 4.69) is 35.6 Å². The van der Waals surface area contributed by atoms with Crippen LogP contribution < -0.4 is 10.6 Å². The second-order valence-electron chi connectivity index (χ2n) is 4.69. The molecule has 0 radical (unpaired) electrons. The summed E-state index contributed by atoms with van der Waals surface area (Å²) in [6, 6.07) is 0. The number of rotatable bonds is 7. The minimum Gasteiger partial charge on any atom is -0.357 e. The zero-order valence-corrected chi connectivity index (χ0v) is 15.6. The topological polar surface area (TPSA) is 39.7 Å². The molecule has 0 spiro atoms. The van der Waals surface area contributed by atoms with Crippen molar-refractivity contribution in [2.45, 2.75) is 20.3 Å². The zero-order chi connectivity index (χ0) is 13.2. The van der Waals surface area contributed by atoms with E-state index in [9.17, 15) is 0 Å². The Labute approximate surface area is 139 Å². The van der Waals surface area contributed by atoms with Crippen molar-refractivity contribution >= 4 is 41.7 Å². The summed E-state index contributed by atoms with van der Waals surface area (Å²) < 4.78 is 0. The summed E-state index contributed by atoms with van der Waals surface area (Å²) in [5.74, 6) is 2.83. The van der Waals surface area contributed by atoms with Crippen molar-refractivity contribution in [2.24, 2.45) is 10.9 Å². The highest BCUT2D eigenvalue weighted by Crippen LogP contribution is 2.15. The molecular formula is C13H29IN4S. The molecule has 1 heterocycles. The number of likely N-dealkylation sites (tertiary alicyclic amines) is 1. The first kappa shape index (κ1) is 19.3. The van der Waals surface area contributed by atoms with Crippen molar-refractivity contribution in [3.63, 3.8) is 0 Å².